The molecule has 0 aromatic rings. The Morgan fingerprint density at radius 2 is 2.29 bits per heavy atom. The van der Waals surface area contributed by atoms with Gasteiger partial charge in [-0.3, -0.25) is 4.79 Å². The number of hydrogen-bond acceptors (Lipinski definition) is 3. The summed E-state index contributed by atoms with van der Waals surface area (Å²) in [6.07, 6.45) is 4.42. The molecule has 0 aliphatic carbocycles. The number of carbonyl (C=O) groups excluding carboxylic acids is 1. The average molecular weight is 200 g/mol. The molecule has 2 N–H and O–H groups in total. The molecule has 82 valence electrons. The lowest BCUT2D eigenvalue weighted by atomic mass is 10.1. The number of carbonyl (C=O) groups is 1. The largest absolute Gasteiger partial charge is 0.395 e. The second-order valence-electron chi connectivity index (χ2n) is 3.84. The highest BCUT2D eigenvalue weighted by Gasteiger charge is 2.21. The Hall–Kier alpha value is -0.610. The highest BCUT2D eigenvalue weighted by molar-refractivity contribution is 5.81. The average Bonchev–Trinajstić information content (AvgIpc) is 2.45. The zero-order chi connectivity index (χ0) is 10.4. The number of rotatable bonds is 3. The molecule has 1 fully saturated rings. The van der Waals surface area contributed by atoms with E-state index in [0.717, 1.165) is 25.8 Å². The van der Waals surface area contributed by atoms with E-state index in [1.165, 1.54) is 6.42 Å². The van der Waals surface area contributed by atoms with Crippen molar-refractivity contribution in [1.29, 1.82) is 0 Å². The Bertz CT molecular complexity index is 177. The molecule has 1 atom stereocenters. The first-order valence-corrected chi connectivity index (χ1v) is 5.35. The van der Waals surface area contributed by atoms with Gasteiger partial charge in [0, 0.05) is 13.6 Å². The van der Waals surface area contributed by atoms with Crippen LogP contribution in [0, 0.1) is 0 Å². The summed E-state index contributed by atoms with van der Waals surface area (Å²) < 4.78 is 0. The summed E-state index contributed by atoms with van der Waals surface area (Å²) in [6.45, 7) is 1.40. The minimum absolute atomic E-state index is 0.0333. The Morgan fingerprint density at radius 3 is 3.00 bits per heavy atom. The van der Waals surface area contributed by atoms with Crippen molar-refractivity contribution >= 4 is 5.91 Å². The minimum Gasteiger partial charge on any atom is -0.395 e. The van der Waals surface area contributed by atoms with Gasteiger partial charge in [0.05, 0.1) is 12.6 Å². The Balaban J connectivity index is 2.40. The lowest BCUT2D eigenvalue weighted by Crippen LogP contribution is -2.45. The SMILES string of the molecule is CN(CCO)C(=O)C1CCCCCN1. The van der Waals surface area contributed by atoms with Crippen molar-refractivity contribution < 1.29 is 9.90 Å². The molecule has 0 radical (unpaired) electrons. The van der Waals surface area contributed by atoms with Crippen LogP contribution in [0.25, 0.3) is 0 Å². The van der Waals surface area contributed by atoms with Gasteiger partial charge in [-0.15, -0.1) is 0 Å². The number of aliphatic hydroxyl groups excluding tert-OH is 1. The first-order valence-electron chi connectivity index (χ1n) is 5.35. The zero-order valence-electron chi connectivity index (χ0n) is 8.83. The smallest absolute Gasteiger partial charge is 0.239 e. The van der Waals surface area contributed by atoms with E-state index in [1.54, 1.807) is 11.9 Å². The summed E-state index contributed by atoms with van der Waals surface area (Å²) in [5.74, 6) is 0.112. The van der Waals surface area contributed by atoms with Gasteiger partial charge in [-0.25, -0.2) is 0 Å². The number of aliphatic hydroxyl groups is 1. The first kappa shape index (κ1) is 11.5. The van der Waals surface area contributed by atoms with Crippen molar-refractivity contribution in [2.75, 3.05) is 26.7 Å². The molecule has 0 spiro atoms. The molecule has 1 saturated heterocycles. The Labute approximate surface area is 85.3 Å². The predicted octanol–water partition coefficient (Wildman–Crippen LogP) is -0.0307. The Kier molecular flexibility index (Phi) is 4.90. The van der Waals surface area contributed by atoms with E-state index >= 15 is 0 Å². The summed E-state index contributed by atoms with van der Waals surface area (Å²) >= 11 is 0. The highest BCUT2D eigenvalue weighted by Crippen LogP contribution is 2.09. The lowest BCUT2D eigenvalue weighted by Gasteiger charge is -2.22. The van der Waals surface area contributed by atoms with Crippen LogP contribution >= 0.6 is 0 Å². The van der Waals surface area contributed by atoms with E-state index in [9.17, 15) is 4.79 Å². The summed E-state index contributed by atoms with van der Waals surface area (Å²) in [4.78, 5) is 13.4. The van der Waals surface area contributed by atoms with E-state index in [2.05, 4.69) is 5.32 Å². The molecule has 1 unspecified atom stereocenters. The lowest BCUT2D eigenvalue weighted by molar-refractivity contribution is -0.132. The third-order valence-electron chi connectivity index (χ3n) is 2.67. The third kappa shape index (κ3) is 3.27. The predicted molar refractivity (Wildman–Crippen MR) is 55.0 cm³/mol. The van der Waals surface area contributed by atoms with E-state index < -0.39 is 0 Å². The molecule has 1 amide bonds. The van der Waals surface area contributed by atoms with Crippen molar-refractivity contribution in [3.63, 3.8) is 0 Å². The standard InChI is InChI=1S/C10H20N2O2/c1-12(7-8-13)10(14)9-5-3-2-4-6-11-9/h9,11,13H,2-8H2,1H3. The molecule has 1 aliphatic rings. The van der Waals surface area contributed by atoms with Crippen molar-refractivity contribution in [2.24, 2.45) is 0 Å². The summed E-state index contributed by atoms with van der Waals surface area (Å²) in [5, 5.41) is 12.0. The van der Waals surface area contributed by atoms with Gasteiger partial charge in [0.1, 0.15) is 0 Å². The maximum absolute atomic E-state index is 11.8. The molecule has 4 nitrogen and oxygen atoms in total. The van der Waals surface area contributed by atoms with Crippen LogP contribution < -0.4 is 5.32 Å². The molecule has 1 aliphatic heterocycles. The number of amides is 1. The van der Waals surface area contributed by atoms with E-state index in [-0.39, 0.29) is 18.6 Å². The second-order valence-corrected chi connectivity index (χ2v) is 3.84. The normalized spacial score (nSPS) is 22.9. The van der Waals surface area contributed by atoms with Crippen molar-refractivity contribution in [3.05, 3.63) is 0 Å². The summed E-state index contributed by atoms with van der Waals surface area (Å²) in [6, 6.07) is -0.0333. The van der Waals surface area contributed by atoms with Crippen LogP contribution in [0.3, 0.4) is 0 Å². The van der Waals surface area contributed by atoms with Gasteiger partial charge in [0.2, 0.25) is 5.91 Å². The van der Waals surface area contributed by atoms with Crippen LogP contribution in [0.2, 0.25) is 0 Å². The number of likely N-dealkylation sites (N-methyl/N-ethyl adjacent to an activating group) is 1. The van der Waals surface area contributed by atoms with E-state index in [0.29, 0.717) is 6.54 Å². The second kappa shape index (κ2) is 5.98. The molecule has 1 heterocycles. The summed E-state index contributed by atoms with van der Waals surface area (Å²) in [7, 11) is 1.74. The monoisotopic (exact) mass is 200 g/mol. The van der Waals surface area contributed by atoms with Crippen molar-refractivity contribution in [3.8, 4) is 0 Å². The molecule has 0 saturated carbocycles. The Morgan fingerprint density at radius 1 is 1.50 bits per heavy atom. The van der Waals surface area contributed by atoms with E-state index in [1.807, 2.05) is 0 Å². The van der Waals surface area contributed by atoms with Gasteiger partial charge >= 0.3 is 0 Å². The minimum atomic E-state index is -0.0333. The molecule has 4 heteroatoms. The number of hydrogen-bond donors (Lipinski definition) is 2. The van der Waals surface area contributed by atoms with Crippen molar-refractivity contribution in [1.82, 2.24) is 10.2 Å². The molecule has 1 rings (SSSR count). The fourth-order valence-electron chi connectivity index (χ4n) is 1.77. The fraction of sp³-hybridized carbons (Fsp3) is 0.900. The molecule has 14 heavy (non-hydrogen) atoms. The fourth-order valence-corrected chi connectivity index (χ4v) is 1.77. The van der Waals surface area contributed by atoms with Crippen LogP contribution in [0.15, 0.2) is 0 Å². The zero-order valence-corrected chi connectivity index (χ0v) is 8.83. The molecular formula is C10H20N2O2. The topological polar surface area (TPSA) is 52.6 Å². The molecular weight excluding hydrogens is 180 g/mol. The van der Waals surface area contributed by atoms with Gasteiger partial charge in [0.15, 0.2) is 0 Å². The molecule has 0 aromatic carbocycles. The van der Waals surface area contributed by atoms with Crippen LogP contribution in [0.4, 0.5) is 0 Å². The molecule has 0 aromatic heterocycles. The molecule has 0 bridgehead atoms. The maximum atomic E-state index is 11.8. The van der Waals surface area contributed by atoms with Gasteiger partial charge in [-0.05, 0) is 19.4 Å². The van der Waals surface area contributed by atoms with Crippen LogP contribution in [-0.4, -0.2) is 48.7 Å². The first-order chi connectivity index (χ1) is 6.75. The van der Waals surface area contributed by atoms with Crippen molar-refractivity contribution in [2.45, 2.75) is 31.7 Å². The number of nitrogens with zero attached hydrogens (tertiary/aromatic N) is 1. The van der Waals surface area contributed by atoms with Gasteiger partial charge < -0.3 is 15.3 Å². The van der Waals surface area contributed by atoms with Crippen LogP contribution in [0.1, 0.15) is 25.7 Å². The third-order valence-corrected chi connectivity index (χ3v) is 2.67. The maximum Gasteiger partial charge on any atom is 0.239 e. The van der Waals surface area contributed by atoms with Gasteiger partial charge in [-0.1, -0.05) is 12.8 Å². The quantitative estimate of drug-likeness (QED) is 0.672. The van der Waals surface area contributed by atoms with Crippen LogP contribution in [-0.2, 0) is 4.79 Å². The van der Waals surface area contributed by atoms with E-state index in [4.69, 9.17) is 5.11 Å². The highest BCUT2D eigenvalue weighted by atomic mass is 16.3. The van der Waals surface area contributed by atoms with Gasteiger partial charge in [0.25, 0.3) is 0 Å². The van der Waals surface area contributed by atoms with Crippen LogP contribution in [0.5, 0.6) is 0 Å². The summed E-state index contributed by atoms with van der Waals surface area (Å²) in [5.41, 5.74) is 0. The van der Waals surface area contributed by atoms with Gasteiger partial charge in [-0.2, -0.15) is 0 Å². The number of nitrogens with one attached hydrogen (secondary N) is 1.